The summed E-state index contributed by atoms with van der Waals surface area (Å²) in [5.74, 6) is -1.21. The van der Waals surface area contributed by atoms with Gasteiger partial charge >= 0.3 is 6.03 Å². The van der Waals surface area contributed by atoms with Gasteiger partial charge in [0.1, 0.15) is 18.2 Å². The number of halogens is 1. The van der Waals surface area contributed by atoms with Crippen LogP contribution in [-0.2, 0) is 4.74 Å². The van der Waals surface area contributed by atoms with Crippen molar-refractivity contribution in [2.75, 3.05) is 45.7 Å². The molecular formula is C28H37FN4O5. The molecule has 0 aromatic heterocycles. The van der Waals surface area contributed by atoms with E-state index in [-0.39, 0.29) is 55.0 Å². The lowest BCUT2D eigenvalue weighted by molar-refractivity contribution is 0.0110. The largest absolute Gasteiger partial charge is 0.491 e. The Bertz CT molecular complexity index is 1140. The van der Waals surface area contributed by atoms with Gasteiger partial charge in [-0.3, -0.25) is 9.59 Å². The van der Waals surface area contributed by atoms with Gasteiger partial charge in [-0.2, -0.15) is 0 Å². The summed E-state index contributed by atoms with van der Waals surface area (Å²) in [5.41, 5.74) is 0.745. The minimum absolute atomic E-state index is 0.0233. The first-order valence-corrected chi connectivity index (χ1v) is 12.8. The predicted octanol–water partition coefficient (Wildman–Crippen LogP) is 4.00. The monoisotopic (exact) mass is 528 g/mol. The summed E-state index contributed by atoms with van der Waals surface area (Å²) >= 11 is 0. The lowest BCUT2D eigenvalue weighted by Gasteiger charge is -2.36. The highest BCUT2D eigenvalue weighted by atomic mass is 19.1. The summed E-state index contributed by atoms with van der Waals surface area (Å²) in [6, 6.07) is 9.88. The molecule has 2 N–H and O–H groups in total. The molecule has 1 heterocycles. The Morgan fingerprint density at radius 1 is 1.16 bits per heavy atom. The molecule has 2 aromatic carbocycles. The molecule has 10 heteroatoms. The third kappa shape index (κ3) is 7.00. The van der Waals surface area contributed by atoms with Crippen LogP contribution in [0.5, 0.6) is 5.75 Å². The standard InChI is InChI=1S/C28H37FN4O5/c1-6-13-30-28(36)31-20-11-12-22-24(14-20)38-17-19(3)33(27(35)21-9-7-8-10-23(21)29)15-18(2)25(37-5)16-32(4)26(22)34/h7-12,14,18-19,25H,6,13,15-17H2,1-5H3,(H2,30,31,36)/t18-,19-,25-/m0/s1. The van der Waals surface area contributed by atoms with Crippen LogP contribution >= 0.6 is 0 Å². The minimum Gasteiger partial charge on any atom is -0.491 e. The average molecular weight is 529 g/mol. The molecule has 206 valence electrons. The van der Waals surface area contributed by atoms with Gasteiger partial charge in [0, 0.05) is 51.5 Å². The molecule has 3 rings (SSSR count). The van der Waals surface area contributed by atoms with Crippen LogP contribution in [0.4, 0.5) is 14.9 Å². The fraction of sp³-hybridized carbons (Fsp3) is 0.464. The molecule has 0 unspecified atom stereocenters. The molecule has 0 fully saturated rings. The van der Waals surface area contributed by atoms with E-state index in [0.29, 0.717) is 17.8 Å². The van der Waals surface area contributed by atoms with Gasteiger partial charge in [0.25, 0.3) is 11.8 Å². The number of benzene rings is 2. The number of urea groups is 1. The molecule has 4 amide bonds. The zero-order valence-corrected chi connectivity index (χ0v) is 22.6. The molecule has 3 atom stereocenters. The van der Waals surface area contributed by atoms with E-state index in [2.05, 4.69) is 10.6 Å². The number of ether oxygens (including phenoxy) is 2. The Labute approximate surface area is 223 Å². The van der Waals surface area contributed by atoms with Crippen molar-refractivity contribution >= 4 is 23.5 Å². The number of amides is 4. The second-order valence-corrected chi connectivity index (χ2v) is 9.63. The SMILES string of the molecule is CCCNC(=O)Nc1ccc2c(c1)OC[C@H](C)N(C(=O)c1ccccc1F)C[C@H](C)[C@@H](OC)CN(C)C2=O. The molecule has 0 spiro atoms. The Morgan fingerprint density at radius 2 is 1.89 bits per heavy atom. The number of fused-ring (bicyclic) bond motifs is 1. The van der Waals surface area contributed by atoms with E-state index in [4.69, 9.17) is 9.47 Å². The zero-order valence-electron chi connectivity index (χ0n) is 22.6. The summed E-state index contributed by atoms with van der Waals surface area (Å²) in [7, 11) is 3.24. The third-order valence-corrected chi connectivity index (χ3v) is 6.61. The van der Waals surface area contributed by atoms with Gasteiger partial charge in [-0.1, -0.05) is 26.0 Å². The number of anilines is 1. The van der Waals surface area contributed by atoms with Crippen LogP contribution in [-0.4, -0.2) is 80.2 Å². The maximum atomic E-state index is 14.5. The van der Waals surface area contributed by atoms with Crippen LogP contribution in [0.1, 0.15) is 47.9 Å². The van der Waals surface area contributed by atoms with Crippen molar-refractivity contribution in [3.63, 3.8) is 0 Å². The zero-order chi connectivity index (χ0) is 27.8. The number of carbonyl (C=O) groups is 3. The van der Waals surface area contributed by atoms with E-state index < -0.39 is 17.8 Å². The van der Waals surface area contributed by atoms with E-state index in [1.807, 2.05) is 20.8 Å². The Morgan fingerprint density at radius 3 is 2.58 bits per heavy atom. The first-order valence-electron chi connectivity index (χ1n) is 12.8. The third-order valence-electron chi connectivity index (χ3n) is 6.61. The van der Waals surface area contributed by atoms with Crippen molar-refractivity contribution in [2.45, 2.75) is 39.3 Å². The summed E-state index contributed by atoms with van der Waals surface area (Å²) in [6.07, 6.45) is 0.418. The number of hydrogen-bond donors (Lipinski definition) is 2. The fourth-order valence-corrected chi connectivity index (χ4v) is 4.34. The molecule has 0 aliphatic carbocycles. The topological polar surface area (TPSA) is 100 Å². The minimum atomic E-state index is -0.597. The highest BCUT2D eigenvalue weighted by molar-refractivity contribution is 5.98. The smallest absolute Gasteiger partial charge is 0.319 e. The van der Waals surface area contributed by atoms with Crippen molar-refractivity contribution in [3.8, 4) is 5.75 Å². The highest BCUT2D eigenvalue weighted by Crippen LogP contribution is 2.27. The summed E-state index contributed by atoms with van der Waals surface area (Å²) in [5, 5.41) is 5.48. The number of hydrogen-bond acceptors (Lipinski definition) is 5. The summed E-state index contributed by atoms with van der Waals surface area (Å²) in [6.45, 7) is 6.80. The Kier molecular flexibility index (Phi) is 10.1. The summed E-state index contributed by atoms with van der Waals surface area (Å²) in [4.78, 5) is 42.1. The second-order valence-electron chi connectivity index (χ2n) is 9.63. The van der Waals surface area contributed by atoms with E-state index in [1.165, 1.54) is 18.2 Å². The van der Waals surface area contributed by atoms with Gasteiger partial charge < -0.3 is 29.9 Å². The van der Waals surface area contributed by atoms with Crippen LogP contribution < -0.4 is 15.4 Å². The van der Waals surface area contributed by atoms with E-state index in [1.54, 1.807) is 48.2 Å². The molecule has 0 saturated carbocycles. The number of nitrogens with zero attached hydrogens (tertiary/aromatic N) is 2. The molecule has 38 heavy (non-hydrogen) atoms. The van der Waals surface area contributed by atoms with E-state index >= 15 is 0 Å². The van der Waals surface area contributed by atoms with E-state index in [0.717, 1.165) is 6.42 Å². The molecule has 0 saturated heterocycles. The molecule has 2 aromatic rings. The number of rotatable bonds is 5. The maximum absolute atomic E-state index is 14.5. The van der Waals surface area contributed by atoms with Crippen LogP contribution in [0.25, 0.3) is 0 Å². The second kappa shape index (κ2) is 13.2. The number of carbonyl (C=O) groups excluding carboxylic acids is 3. The normalized spacial score (nSPS) is 20.5. The quantitative estimate of drug-likeness (QED) is 0.611. The van der Waals surface area contributed by atoms with Crippen molar-refractivity contribution in [3.05, 3.63) is 59.4 Å². The van der Waals surface area contributed by atoms with Crippen molar-refractivity contribution in [1.29, 1.82) is 0 Å². The van der Waals surface area contributed by atoms with Crippen molar-refractivity contribution < 1.29 is 28.2 Å². The van der Waals surface area contributed by atoms with E-state index in [9.17, 15) is 18.8 Å². The molecule has 0 radical (unpaired) electrons. The van der Waals surface area contributed by atoms with Gasteiger partial charge in [0.15, 0.2) is 0 Å². The lowest BCUT2D eigenvalue weighted by atomic mass is 10.0. The molecule has 9 nitrogen and oxygen atoms in total. The van der Waals surface area contributed by atoms with Gasteiger partial charge in [0.2, 0.25) is 0 Å². The van der Waals surface area contributed by atoms with Crippen molar-refractivity contribution in [2.24, 2.45) is 5.92 Å². The molecule has 1 aliphatic heterocycles. The number of nitrogens with one attached hydrogen (secondary N) is 2. The molecular weight excluding hydrogens is 491 g/mol. The fourth-order valence-electron chi connectivity index (χ4n) is 4.34. The predicted molar refractivity (Wildman–Crippen MR) is 143 cm³/mol. The maximum Gasteiger partial charge on any atom is 0.319 e. The first-order chi connectivity index (χ1) is 18.2. The van der Waals surface area contributed by atoms with Crippen LogP contribution in [0.3, 0.4) is 0 Å². The van der Waals surface area contributed by atoms with Gasteiger partial charge in [-0.15, -0.1) is 0 Å². The first kappa shape index (κ1) is 28.9. The van der Waals surface area contributed by atoms with Crippen LogP contribution in [0.2, 0.25) is 0 Å². The average Bonchev–Trinajstić information content (AvgIpc) is 2.91. The molecule has 1 aliphatic rings. The Hall–Kier alpha value is -3.66. The highest BCUT2D eigenvalue weighted by Gasteiger charge is 2.31. The van der Waals surface area contributed by atoms with Crippen LogP contribution in [0, 0.1) is 11.7 Å². The molecule has 0 bridgehead atoms. The number of methoxy groups -OCH3 is 1. The number of likely N-dealkylation sites (N-methyl/N-ethyl adjacent to an activating group) is 1. The van der Waals surface area contributed by atoms with Gasteiger partial charge in [-0.25, -0.2) is 9.18 Å². The Balaban J connectivity index is 1.97. The van der Waals surface area contributed by atoms with Crippen molar-refractivity contribution in [1.82, 2.24) is 15.1 Å². The van der Waals surface area contributed by atoms with Crippen LogP contribution in [0.15, 0.2) is 42.5 Å². The van der Waals surface area contributed by atoms with Gasteiger partial charge in [0.05, 0.1) is 23.3 Å². The van der Waals surface area contributed by atoms with Gasteiger partial charge in [-0.05, 0) is 37.6 Å². The summed E-state index contributed by atoms with van der Waals surface area (Å²) < 4.78 is 26.3. The lowest BCUT2D eigenvalue weighted by Crippen LogP contribution is -2.48.